The van der Waals surface area contributed by atoms with E-state index in [9.17, 15) is 4.79 Å². The molecule has 0 aliphatic carbocycles. The number of amides is 1. The third-order valence-electron chi connectivity index (χ3n) is 6.42. The first-order chi connectivity index (χ1) is 15.1. The zero-order valence-electron chi connectivity index (χ0n) is 18.8. The molecule has 1 aliphatic heterocycles. The molecule has 164 valence electrons. The smallest absolute Gasteiger partial charge is 0.238 e. The van der Waals surface area contributed by atoms with Crippen LogP contribution in [0.25, 0.3) is 11.0 Å². The molecule has 2 heterocycles. The number of nitrogens with one attached hydrogen (secondary N) is 1. The molecular weight excluding hydrogens is 384 g/mol. The summed E-state index contributed by atoms with van der Waals surface area (Å²) >= 11 is 0. The zero-order valence-corrected chi connectivity index (χ0v) is 18.8. The number of benzene rings is 2. The number of hydrogen-bond donors (Lipinski definition) is 1. The van der Waals surface area contributed by atoms with E-state index in [0.29, 0.717) is 12.5 Å². The number of piperidine rings is 1. The summed E-state index contributed by atoms with van der Waals surface area (Å²) in [6, 6.07) is 16.7. The van der Waals surface area contributed by atoms with Crippen LogP contribution < -0.4 is 5.32 Å². The van der Waals surface area contributed by atoms with Gasteiger partial charge in [0, 0.05) is 12.2 Å². The molecule has 1 fully saturated rings. The number of hydrogen-bond acceptors (Lipinski definition) is 3. The number of aromatic nitrogens is 2. The number of aryl methyl sites for hydroxylation is 2. The second kappa shape index (κ2) is 10.1. The Morgan fingerprint density at radius 2 is 1.84 bits per heavy atom. The number of rotatable bonds is 8. The fourth-order valence-corrected chi connectivity index (χ4v) is 4.55. The van der Waals surface area contributed by atoms with Gasteiger partial charge in [0.15, 0.2) is 0 Å². The van der Waals surface area contributed by atoms with Gasteiger partial charge < -0.3 is 9.88 Å². The third-order valence-corrected chi connectivity index (χ3v) is 6.42. The van der Waals surface area contributed by atoms with Crippen LogP contribution >= 0.6 is 0 Å². The Morgan fingerprint density at radius 1 is 1.10 bits per heavy atom. The molecule has 1 N–H and O–H groups in total. The summed E-state index contributed by atoms with van der Waals surface area (Å²) < 4.78 is 2.35. The quantitative estimate of drug-likeness (QED) is 0.558. The van der Waals surface area contributed by atoms with Gasteiger partial charge in [0.25, 0.3) is 0 Å². The summed E-state index contributed by atoms with van der Waals surface area (Å²) in [6.45, 7) is 7.72. The summed E-state index contributed by atoms with van der Waals surface area (Å²) in [5, 5.41) is 3.05. The first-order valence-corrected chi connectivity index (χ1v) is 11.7. The van der Waals surface area contributed by atoms with Gasteiger partial charge in [-0.2, -0.15) is 0 Å². The van der Waals surface area contributed by atoms with E-state index in [1.165, 1.54) is 23.9 Å². The highest BCUT2D eigenvalue weighted by Crippen LogP contribution is 2.23. The second-order valence-corrected chi connectivity index (χ2v) is 8.83. The van der Waals surface area contributed by atoms with E-state index in [0.717, 1.165) is 55.9 Å². The van der Waals surface area contributed by atoms with Crippen molar-refractivity contribution in [3.05, 3.63) is 59.9 Å². The van der Waals surface area contributed by atoms with Gasteiger partial charge in [0.2, 0.25) is 5.91 Å². The highest BCUT2D eigenvalue weighted by Gasteiger charge is 2.22. The molecule has 0 spiro atoms. The molecule has 0 atom stereocenters. The zero-order chi connectivity index (χ0) is 21.6. The molecule has 1 aliphatic rings. The molecule has 31 heavy (non-hydrogen) atoms. The van der Waals surface area contributed by atoms with Crippen LogP contribution in [0.15, 0.2) is 48.5 Å². The van der Waals surface area contributed by atoms with Crippen LogP contribution in [0.1, 0.15) is 44.0 Å². The molecule has 5 nitrogen and oxygen atoms in total. The van der Waals surface area contributed by atoms with E-state index in [4.69, 9.17) is 4.98 Å². The molecule has 3 aromatic rings. The third kappa shape index (κ3) is 5.53. The average Bonchev–Trinajstić information content (AvgIpc) is 3.09. The molecule has 2 aromatic carbocycles. The molecule has 0 saturated carbocycles. The van der Waals surface area contributed by atoms with Crippen molar-refractivity contribution in [2.24, 2.45) is 5.92 Å². The van der Waals surface area contributed by atoms with Gasteiger partial charge in [-0.05, 0) is 81.4 Å². The van der Waals surface area contributed by atoms with E-state index in [1.54, 1.807) is 0 Å². The second-order valence-electron chi connectivity index (χ2n) is 8.83. The normalized spacial score (nSPS) is 15.4. The lowest BCUT2D eigenvalue weighted by atomic mass is 9.96. The molecule has 1 aromatic heterocycles. The van der Waals surface area contributed by atoms with Gasteiger partial charge in [0.1, 0.15) is 5.82 Å². The molecular formula is C26H34N4O. The number of carbonyl (C=O) groups is 1. The highest BCUT2D eigenvalue weighted by atomic mass is 16.2. The van der Waals surface area contributed by atoms with E-state index in [2.05, 4.69) is 59.0 Å². The van der Waals surface area contributed by atoms with Crippen LogP contribution in [0.5, 0.6) is 0 Å². The van der Waals surface area contributed by atoms with Crippen molar-refractivity contribution >= 4 is 22.6 Å². The maximum atomic E-state index is 12.5. The van der Waals surface area contributed by atoms with Crippen LogP contribution in [0.3, 0.4) is 0 Å². The largest absolute Gasteiger partial charge is 0.328 e. The Labute approximate surface area is 185 Å². The lowest BCUT2D eigenvalue weighted by molar-refractivity contribution is -0.117. The maximum Gasteiger partial charge on any atom is 0.238 e. The number of carbonyl (C=O) groups excluding carboxylic acids is 1. The number of unbranched alkanes of at least 4 members (excludes halogenated alkanes) is 1. The van der Waals surface area contributed by atoms with Crippen LogP contribution in [0.4, 0.5) is 5.69 Å². The number of likely N-dealkylation sites (tertiary alicyclic amines) is 1. The lowest BCUT2D eigenvalue weighted by Gasteiger charge is -2.31. The molecule has 1 saturated heterocycles. The number of fused-ring (bicyclic) bond motifs is 1. The Hall–Kier alpha value is -2.66. The monoisotopic (exact) mass is 418 g/mol. The van der Waals surface area contributed by atoms with Crippen LogP contribution in [-0.2, 0) is 17.8 Å². The molecule has 1 amide bonds. The van der Waals surface area contributed by atoms with Crippen molar-refractivity contribution in [3.8, 4) is 0 Å². The van der Waals surface area contributed by atoms with Crippen molar-refractivity contribution in [3.63, 3.8) is 0 Å². The average molecular weight is 419 g/mol. The van der Waals surface area contributed by atoms with Crippen molar-refractivity contribution in [1.82, 2.24) is 14.5 Å². The van der Waals surface area contributed by atoms with Crippen LogP contribution in [0.2, 0.25) is 0 Å². The molecule has 0 bridgehead atoms. The van der Waals surface area contributed by atoms with Gasteiger partial charge in [-0.1, -0.05) is 37.6 Å². The number of anilines is 1. The van der Waals surface area contributed by atoms with Crippen molar-refractivity contribution in [1.29, 1.82) is 0 Å². The summed E-state index contributed by atoms with van der Waals surface area (Å²) in [6.07, 6.45) is 5.75. The van der Waals surface area contributed by atoms with Gasteiger partial charge >= 0.3 is 0 Å². The topological polar surface area (TPSA) is 50.2 Å². The van der Waals surface area contributed by atoms with Crippen molar-refractivity contribution in [2.45, 2.75) is 52.5 Å². The van der Waals surface area contributed by atoms with Gasteiger partial charge in [0.05, 0.1) is 17.6 Å². The molecule has 0 radical (unpaired) electrons. The van der Waals surface area contributed by atoms with E-state index >= 15 is 0 Å². The number of nitrogens with zero attached hydrogens (tertiary/aromatic N) is 3. The van der Waals surface area contributed by atoms with Gasteiger partial charge in [-0.25, -0.2) is 4.98 Å². The summed E-state index contributed by atoms with van der Waals surface area (Å²) in [5.41, 5.74) is 4.53. The summed E-state index contributed by atoms with van der Waals surface area (Å²) in [5.74, 6) is 1.80. The highest BCUT2D eigenvalue weighted by molar-refractivity contribution is 5.92. The maximum absolute atomic E-state index is 12.5. The Bertz CT molecular complexity index is 1000. The first-order valence-electron chi connectivity index (χ1n) is 11.7. The van der Waals surface area contributed by atoms with Gasteiger partial charge in [-0.15, -0.1) is 0 Å². The lowest BCUT2D eigenvalue weighted by Crippen LogP contribution is -2.40. The fourth-order valence-electron chi connectivity index (χ4n) is 4.55. The van der Waals surface area contributed by atoms with E-state index < -0.39 is 0 Å². The van der Waals surface area contributed by atoms with Crippen LogP contribution in [0, 0.1) is 12.8 Å². The molecule has 0 unspecified atom stereocenters. The van der Waals surface area contributed by atoms with Crippen molar-refractivity contribution in [2.75, 3.05) is 25.0 Å². The van der Waals surface area contributed by atoms with E-state index in [-0.39, 0.29) is 5.91 Å². The summed E-state index contributed by atoms with van der Waals surface area (Å²) in [7, 11) is 0. The Morgan fingerprint density at radius 3 is 2.58 bits per heavy atom. The number of imidazole rings is 1. The molecule has 5 heteroatoms. The first kappa shape index (κ1) is 21.6. The summed E-state index contributed by atoms with van der Waals surface area (Å²) in [4.78, 5) is 19.5. The molecule has 4 rings (SSSR count). The SMILES string of the molecule is CCCCc1ccc(NC(=O)CN2CCC(Cn3c(C)nc4ccccc43)CC2)cc1. The predicted octanol–water partition coefficient (Wildman–Crippen LogP) is 5.04. The predicted molar refractivity (Wildman–Crippen MR) is 127 cm³/mol. The Balaban J connectivity index is 1.24. The van der Waals surface area contributed by atoms with Gasteiger partial charge in [-0.3, -0.25) is 9.69 Å². The van der Waals surface area contributed by atoms with Crippen LogP contribution in [-0.4, -0.2) is 40.0 Å². The minimum absolute atomic E-state index is 0.0798. The minimum Gasteiger partial charge on any atom is -0.328 e. The number of para-hydroxylation sites is 2. The van der Waals surface area contributed by atoms with E-state index in [1.807, 2.05) is 18.2 Å². The Kier molecular flexibility index (Phi) is 7.03. The minimum atomic E-state index is 0.0798. The standard InChI is InChI=1S/C26H34N4O/c1-3-4-7-21-10-12-23(13-11-21)28-26(31)19-29-16-14-22(15-17-29)18-30-20(2)27-24-8-5-6-9-25(24)30/h5-6,8-13,22H,3-4,7,14-19H2,1-2H3,(H,28,31). The fraction of sp³-hybridized carbons (Fsp3) is 0.462. The van der Waals surface area contributed by atoms with Crippen molar-refractivity contribution < 1.29 is 4.79 Å².